The van der Waals surface area contributed by atoms with Crippen molar-refractivity contribution in [3.8, 4) is 16.3 Å². The number of fused-ring (bicyclic) bond motifs is 1. The lowest BCUT2D eigenvalue weighted by molar-refractivity contribution is -0.151. The van der Waals surface area contributed by atoms with Gasteiger partial charge < -0.3 is 20.3 Å². The number of carbonyl (C=O) groups is 4. The van der Waals surface area contributed by atoms with Crippen LogP contribution >= 0.6 is 23.1 Å². The predicted octanol–water partition coefficient (Wildman–Crippen LogP) is 1.36. The molecule has 3 heterocycles. The van der Waals surface area contributed by atoms with Crippen molar-refractivity contribution in [2.75, 3.05) is 12.4 Å². The number of thiazole rings is 1. The number of aliphatic carboxylic acids is 1. The lowest BCUT2D eigenvalue weighted by atomic mass is 10.0. The number of ether oxygens (including phenoxy) is 1. The number of carbonyl (C=O) groups excluding carboxylic acids is 3. The van der Waals surface area contributed by atoms with E-state index in [1.165, 1.54) is 30.0 Å². The summed E-state index contributed by atoms with van der Waals surface area (Å²) in [5.74, 6) is -2.40. The minimum absolute atomic E-state index is 0.0458. The van der Waals surface area contributed by atoms with Crippen LogP contribution in [0, 0.1) is 0 Å². The van der Waals surface area contributed by atoms with Crippen LogP contribution in [-0.2, 0) is 30.3 Å². The summed E-state index contributed by atoms with van der Waals surface area (Å²) in [4.78, 5) is 53.5. The van der Waals surface area contributed by atoms with E-state index in [9.17, 15) is 29.4 Å². The van der Waals surface area contributed by atoms with Gasteiger partial charge in [0.05, 0.1) is 12.1 Å². The van der Waals surface area contributed by atoms with Crippen LogP contribution in [0.4, 0.5) is 0 Å². The number of amides is 2. The number of carboxylic acid groups (broad SMARTS) is 1. The van der Waals surface area contributed by atoms with Gasteiger partial charge in [0.25, 0.3) is 5.91 Å². The van der Waals surface area contributed by atoms with E-state index >= 15 is 0 Å². The number of esters is 1. The Labute approximate surface area is 196 Å². The highest BCUT2D eigenvalue weighted by atomic mass is 32.2. The maximum atomic E-state index is 12.7. The summed E-state index contributed by atoms with van der Waals surface area (Å²) < 4.78 is 4.90. The molecule has 2 atom stereocenters. The number of thioether (sulfide) groups is 1. The van der Waals surface area contributed by atoms with Gasteiger partial charge in [0.15, 0.2) is 0 Å². The number of nitrogens with one attached hydrogen (secondary N) is 1. The summed E-state index contributed by atoms with van der Waals surface area (Å²) in [5.41, 5.74) is 1.38. The number of nitrogens with zero attached hydrogens (tertiary/aromatic N) is 2. The molecule has 2 aliphatic heterocycles. The van der Waals surface area contributed by atoms with Gasteiger partial charge in [-0.3, -0.25) is 19.3 Å². The Morgan fingerprint density at radius 3 is 2.82 bits per heavy atom. The molecule has 2 aromatic rings. The molecule has 2 unspecified atom stereocenters. The zero-order valence-corrected chi connectivity index (χ0v) is 18.9. The Bertz CT molecular complexity index is 1180. The fourth-order valence-corrected chi connectivity index (χ4v) is 5.68. The number of phenols is 1. The number of rotatable bonds is 7. The van der Waals surface area contributed by atoms with Crippen molar-refractivity contribution in [3.63, 3.8) is 0 Å². The van der Waals surface area contributed by atoms with E-state index < -0.39 is 35.2 Å². The van der Waals surface area contributed by atoms with Crippen LogP contribution in [0.3, 0.4) is 0 Å². The number of benzene rings is 1. The minimum Gasteiger partial charge on any atom is -0.508 e. The first-order chi connectivity index (χ1) is 15.7. The largest absolute Gasteiger partial charge is 0.508 e. The second-order valence-corrected chi connectivity index (χ2v) is 9.33. The highest BCUT2D eigenvalue weighted by Gasteiger charge is 2.54. The van der Waals surface area contributed by atoms with Crippen molar-refractivity contribution in [1.29, 1.82) is 0 Å². The smallest absolute Gasteiger partial charge is 0.352 e. The Morgan fingerprint density at radius 2 is 2.12 bits per heavy atom. The van der Waals surface area contributed by atoms with E-state index in [1.54, 1.807) is 29.6 Å². The highest BCUT2D eigenvalue weighted by Crippen LogP contribution is 2.40. The molecular weight excluding hydrogens is 470 g/mol. The number of phenolic OH excluding ortho intramolecular Hbond substituents is 1. The van der Waals surface area contributed by atoms with Crippen molar-refractivity contribution < 1.29 is 34.1 Å². The summed E-state index contributed by atoms with van der Waals surface area (Å²) in [6.45, 7) is 1.01. The molecule has 1 aromatic carbocycles. The Kier molecular flexibility index (Phi) is 6.38. The van der Waals surface area contributed by atoms with E-state index in [-0.39, 0.29) is 30.2 Å². The average molecular weight is 490 g/mol. The van der Waals surface area contributed by atoms with Crippen molar-refractivity contribution >= 4 is 46.9 Å². The molecule has 4 rings (SSSR count). The van der Waals surface area contributed by atoms with Crippen LogP contribution in [0.2, 0.25) is 0 Å². The van der Waals surface area contributed by atoms with Crippen LogP contribution in [-0.4, -0.2) is 67.6 Å². The Hall–Kier alpha value is -3.38. The van der Waals surface area contributed by atoms with Crippen LogP contribution in [0.15, 0.2) is 40.9 Å². The van der Waals surface area contributed by atoms with Gasteiger partial charge in [0.2, 0.25) is 5.91 Å². The molecule has 2 amide bonds. The van der Waals surface area contributed by atoms with Gasteiger partial charge in [-0.1, -0.05) is 12.1 Å². The maximum absolute atomic E-state index is 12.7. The van der Waals surface area contributed by atoms with Crippen LogP contribution in [0.5, 0.6) is 5.75 Å². The van der Waals surface area contributed by atoms with Crippen molar-refractivity contribution in [3.05, 3.63) is 46.6 Å². The molecule has 1 fully saturated rings. The summed E-state index contributed by atoms with van der Waals surface area (Å²) in [6.07, 6.45) is -0.0458. The fraction of sp³-hybridized carbons (Fsp3) is 0.286. The van der Waals surface area contributed by atoms with Crippen LogP contribution in [0.1, 0.15) is 12.6 Å². The molecule has 10 nitrogen and oxygen atoms in total. The molecule has 12 heteroatoms. The standard InChI is InChI=1S/C21H19N3O7S2/c1-10(25)31-7-12-8-33-20-16(19(28)24(20)17(12)21(29)30)23-15(27)6-13-9-32-18(22-13)11-3-2-4-14(26)5-11/h2-5,9,16,20,26H,6-8H2,1H3,(H,23,27)(H,29,30). The lowest BCUT2D eigenvalue weighted by Crippen LogP contribution is -2.70. The van der Waals surface area contributed by atoms with Gasteiger partial charge >= 0.3 is 11.9 Å². The van der Waals surface area contributed by atoms with E-state index in [0.29, 0.717) is 16.3 Å². The van der Waals surface area contributed by atoms with Gasteiger partial charge in [-0.05, 0) is 12.1 Å². The van der Waals surface area contributed by atoms with Crippen molar-refractivity contribution in [2.45, 2.75) is 24.8 Å². The molecule has 0 radical (unpaired) electrons. The fourth-order valence-electron chi connectivity index (χ4n) is 3.53. The number of aromatic hydroxyl groups is 1. The molecule has 2 aliphatic rings. The number of carboxylic acids is 1. The zero-order valence-electron chi connectivity index (χ0n) is 17.3. The maximum Gasteiger partial charge on any atom is 0.352 e. The summed E-state index contributed by atoms with van der Waals surface area (Å²) in [5, 5.41) is 23.7. The molecular formula is C21H19N3O7S2. The molecule has 1 saturated heterocycles. The molecule has 0 spiro atoms. The zero-order chi connectivity index (χ0) is 23.7. The van der Waals surface area contributed by atoms with Gasteiger partial charge in [-0.15, -0.1) is 23.1 Å². The SMILES string of the molecule is CC(=O)OCC1=C(C(=O)O)N2C(=O)C(NC(=O)Cc3csc(-c4cccc(O)c4)n3)C2SC1. The molecule has 0 aliphatic carbocycles. The molecule has 3 N–H and O–H groups in total. The molecule has 0 bridgehead atoms. The van der Waals surface area contributed by atoms with Crippen LogP contribution in [0.25, 0.3) is 10.6 Å². The van der Waals surface area contributed by atoms with E-state index in [1.807, 2.05) is 0 Å². The first kappa shape index (κ1) is 22.8. The third kappa shape index (κ3) is 4.71. The second-order valence-electron chi connectivity index (χ2n) is 7.36. The molecule has 33 heavy (non-hydrogen) atoms. The number of β-lactam (4-membered cyclic amide) rings is 1. The average Bonchev–Trinajstić information content (AvgIpc) is 3.23. The van der Waals surface area contributed by atoms with Gasteiger partial charge in [0, 0.05) is 29.2 Å². The third-order valence-corrected chi connectivity index (χ3v) is 7.28. The first-order valence-electron chi connectivity index (χ1n) is 9.81. The third-order valence-electron chi connectivity index (χ3n) is 5.00. The minimum atomic E-state index is -1.29. The monoisotopic (exact) mass is 489 g/mol. The highest BCUT2D eigenvalue weighted by molar-refractivity contribution is 8.00. The van der Waals surface area contributed by atoms with Gasteiger partial charge in [0.1, 0.15) is 34.5 Å². The predicted molar refractivity (Wildman–Crippen MR) is 119 cm³/mol. The normalized spacial score (nSPS) is 19.5. The van der Waals surface area contributed by atoms with E-state index in [2.05, 4.69) is 10.3 Å². The first-order valence-corrected chi connectivity index (χ1v) is 11.7. The topological polar surface area (TPSA) is 146 Å². The Morgan fingerprint density at radius 1 is 1.33 bits per heavy atom. The van der Waals surface area contributed by atoms with Crippen LogP contribution < -0.4 is 5.32 Å². The summed E-state index contributed by atoms with van der Waals surface area (Å²) in [6, 6.07) is 5.78. The number of aromatic nitrogens is 1. The van der Waals surface area contributed by atoms with Gasteiger partial charge in [-0.25, -0.2) is 9.78 Å². The van der Waals surface area contributed by atoms with Crippen molar-refractivity contribution in [1.82, 2.24) is 15.2 Å². The molecule has 1 aromatic heterocycles. The quantitative estimate of drug-likeness (QED) is 0.387. The molecule has 0 saturated carbocycles. The number of hydrogen-bond donors (Lipinski definition) is 3. The van der Waals surface area contributed by atoms with E-state index in [0.717, 1.165) is 10.5 Å². The summed E-state index contributed by atoms with van der Waals surface area (Å²) >= 11 is 2.63. The molecule has 172 valence electrons. The van der Waals surface area contributed by atoms with Gasteiger partial charge in [-0.2, -0.15) is 0 Å². The lowest BCUT2D eigenvalue weighted by Gasteiger charge is -2.49. The van der Waals surface area contributed by atoms with Crippen molar-refractivity contribution in [2.24, 2.45) is 0 Å². The summed E-state index contributed by atoms with van der Waals surface area (Å²) in [7, 11) is 0. The Balaban J connectivity index is 1.40. The number of hydrogen-bond acceptors (Lipinski definition) is 9. The second kappa shape index (κ2) is 9.24. The van der Waals surface area contributed by atoms with E-state index in [4.69, 9.17) is 4.74 Å².